The SMILES string of the molecule is CC/C=C/CC(O)/C=C/C=C/CCCCCCCC(=O)OC[C@H](CO)OC(=O)CCCCCCCCCCCCCCCCC. The van der Waals surface area contributed by atoms with E-state index in [1.54, 1.807) is 0 Å². The molecule has 6 heteroatoms. The Hall–Kier alpha value is -1.92. The minimum atomic E-state index is -0.790. The molecule has 2 N–H and O–H groups in total. The fraction of sp³-hybridized carbons (Fsp3) is 0.795. The predicted molar refractivity (Wildman–Crippen MR) is 188 cm³/mol. The fourth-order valence-corrected chi connectivity index (χ4v) is 5.18. The molecule has 262 valence electrons. The van der Waals surface area contributed by atoms with Crippen LogP contribution in [0.2, 0.25) is 0 Å². The third-order valence-electron chi connectivity index (χ3n) is 8.03. The summed E-state index contributed by atoms with van der Waals surface area (Å²) in [6, 6.07) is 0. The first-order valence-electron chi connectivity index (χ1n) is 18.7. The van der Waals surface area contributed by atoms with Crippen molar-refractivity contribution in [2.45, 2.75) is 187 Å². The van der Waals surface area contributed by atoms with E-state index < -0.39 is 12.2 Å². The Kier molecular flexibility index (Phi) is 33.5. The number of rotatable bonds is 33. The fourth-order valence-electron chi connectivity index (χ4n) is 5.18. The Morgan fingerprint density at radius 2 is 1.13 bits per heavy atom. The van der Waals surface area contributed by atoms with Gasteiger partial charge in [0.25, 0.3) is 0 Å². The lowest BCUT2D eigenvalue weighted by Gasteiger charge is -2.15. The highest BCUT2D eigenvalue weighted by molar-refractivity contribution is 5.70. The first-order valence-corrected chi connectivity index (χ1v) is 18.7. The second-order valence-corrected chi connectivity index (χ2v) is 12.5. The van der Waals surface area contributed by atoms with Crippen molar-refractivity contribution < 1.29 is 29.3 Å². The maximum absolute atomic E-state index is 12.1. The van der Waals surface area contributed by atoms with Gasteiger partial charge in [-0.3, -0.25) is 9.59 Å². The zero-order valence-electron chi connectivity index (χ0n) is 29.2. The Morgan fingerprint density at radius 1 is 0.622 bits per heavy atom. The van der Waals surface area contributed by atoms with Crippen molar-refractivity contribution >= 4 is 11.9 Å². The molecule has 0 saturated carbocycles. The number of carbonyl (C=O) groups excluding carboxylic acids is 2. The van der Waals surface area contributed by atoms with Gasteiger partial charge in [-0.05, 0) is 38.5 Å². The van der Waals surface area contributed by atoms with Crippen LogP contribution >= 0.6 is 0 Å². The zero-order chi connectivity index (χ0) is 33.1. The van der Waals surface area contributed by atoms with Crippen LogP contribution in [0, 0.1) is 0 Å². The number of esters is 2. The van der Waals surface area contributed by atoms with Crippen LogP contribution in [0.3, 0.4) is 0 Å². The van der Waals surface area contributed by atoms with Crippen molar-refractivity contribution in [1.82, 2.24) is 0 Å². The molecule has 0 aromatic heterocycles. The van der Waals surface area contributed by atoms with E-state index in [4.69, 9.17) is 9.47 Å². The number of ether oxygens (including phenoxy) is 2. The molecule has 2 atom stereocenters. The van der Waals surface area contributed by atoms with Gasteiger partial charge in [-0.1, -0.05) is 159 Å². The number of unbranched alkanes of at least 4 members (excludes halogenated alkanes) is 19. The number of hydrogen-bond acceptors (Lipinski definition) is 6. The van der Waals surface area contributed by atoms with Gasteiger partial charge < -0.3 is 19.7 Å². The average molecular weight is 635 g/mol. The highest BCUT2D eigenvalue weighted by Crippen LogP contribution is 2.14. The maximum atomic E-state index is 12.1. The van der Waals surface area contributed by atoms with Gasteiger partial charge in [-0.15, -0.1) is 0 Å². The third-order valence-corrected chi connectivity index (χ3v) is 8.03. The molecule has 0 fully saturated rings. The summed E-state index contributed by atoms with van der Waals surface area (Å²) in [5.74, 6) is -0.642. The summed E-state index contributed by atoms with van der Waals surface area (Å²) in [5, 5.41) is 19.3. The van der Waals surface area contributed by atoms with Crippen molar-refractivity contribution in [2.75, 3.05) is 13.2 Å². The summed E-state index contributed by atoms with van der Waals surface area (Å²) in [6.07, 6.45) is 38.2. The van der Waals surface area contributed by atoms with Crippen LogP contribution in [0.25, 0.3) is 0 Å². The van der Waals surface area contributed by atoms with Crippen LogP contribution in [0.5, 0.6) is 0 Å². The summed E-state index contributed by atoms with van der Waals surface area (Å²) in [7, 11) is 0. The molecule has 0 spiro atoms. The van der Waals surface area contributed by atoms with Gasteiger partial charge in [0, 0.05) is 12.8 Å². The minimum absolute atomic E-state index is 0.0901. The van der Waals surface area contributed by atoms with Crippen LogP contribution in [-0.4, -0.2) is 47.6 Å². The van der Waals surface area contributed by atoms with Gasteiger partial charge >= 0.3 is 11.9 Å². The smallest absolute Gasteiger partial charge is 0.306 e. The van der Waals surface area contributed by atoms with Crippen molar-refractivity contribution in [3.05, 3.63) is 36.5 Å². The molecule has 0 saturated heterocycles. The van der Waals surface area contributed by atoms with Crippen LogP contribution in [0.1, 0.15) is 174 Å². The second-order valence-electron chi connectivity index (χ2n) is 12.5. The number of carbonyl (C=O) groups is 2. The van der Waals surface area contributed by atoms with Crippen LogP contribution < -0.4 is 0 Å². The second kappa shape index (κ2) is 34.9. The van der Waals surface area contributed by atoms with Crippen molar-refractivity contribution in [3.8, 4) is 0 Å². The largest absolute Gasteiger partial charge is 0.462 e. The molecule has 6 nitrogen and oxygen atoms in total. The van der Waals surface area contributed by atoms with E-state index in [9.17, 15) is 19.8 Å². The van der Waals surface area contributed by atoms with E-state index in [-0.39, 0.29) is 25.2 Å². The molecule has 45 heavy (non-hydrogen) atoms. The van der Waals surface area contributed by atoms with E-state index in [0.29, 0.717) is 19.3 Å². The molecule has 0 aliphatic rings. The van der Waals surface area contributed by atoms with Crippen molar-refractivity contribution in [1.29, 1.82) is 0 Å². The molecule has 0 aliphatic carbocycles. The first-order chi connectivity index (χ1) is 22.0. The third kappa shape index (κ3) is 33.3. The molecule has 1 unspecified atom stereocenters. The molecule has 0 bridgehead atoms. The Balaban J connectivity index is 3.63. The lowest BCUT2D eigenvalue weighted by Crippen LogP contribution is -2.28. The van der Waals surface area contributed by atoms with E-state index in [1.807, 2.05) is 24.3 Å². The van der Waals surface area contributed by atoms with Gasteiger partial charge in [0.1, 0.15) is 6.61 Å². The summed E-state index contributed by atoms with van der Waals surface area (Å²) in [4.78, 5) is 24.2. The molecule has 0 aliphatic heterocycles. The normalized spacial score (nSPS) is 13.2. The summed E-state index contributed by atoms with van der Waals surface area (Å²) in [6.45, 7) is 3.90. The molecule has 0 aromatic rings. The van der Waals surface area contributed by atoms with Crippen molar-refractivity contribution in [3.63, 3.8) is 0 Å². The molecule has 0 amide bonds. The van der Waals surface area contributed by atoms with Gasteiger partial charge in [0.05, 0.1) is 12.7 Å². The average Bonchev–Trinajstić information content (AvgIpc) is 3.03. The Labute approximate surface area is 277 Å². The highest BCUT2D eigenvalue weighted by Gasteiger charge is 2.16. The first kappa shape index (κ1) is 43.1. The Bertz CT molecular complexity index is 744. The molecule has 0 rings (SSSR count). The van der Waals surface area contributed by atoms with E-state index in [0.717, 1.165) is 64.2 Å². The highest BCUT2D eigenvalue weighted by atomic mass is 16.6. The minimum Gasteiger partial charge on any atom is -0.462 e. The zero-order valence-corrected chi connectivity index (χ0v) is 29.2. The molecule has 0 radical (unpaired) electrons. The van der Waals surface area contributed by atoms with Crippen LogP contribution in [-0.2, 0) is 19.1 Å². The molecular weight excluding hydrogens is 564 g/mol. The summed E-state index contributed by atoms with van der Waals surface area (Å²) in [5.41, 5.74) is 0. The quantitative estimate of drug-likeness (QED) is 0.0323. The predicted octanol–water partition coefficient (Wildman–Crippen LogP) is 10.3. The van der Waals surface area contributed by atoms with Crippen LogP contribution in [0.15, 0.2) is 36.5 Å². The number of hydrogen-bond donors (Lipinski definition) is 2. The molecule has 0 aromatic carbocycles. The summed E-state index contributed by atoms with van der Waals surface area (Å²) >= 11 is 0. The van der Waals surface area contributed by atoms with Crippen molar-refractivity contribution in [2.24, 2.45) is 0 Å². The van der Waals surface area contributed by atoms with Gasteiger partial charge in [-0.25, -0.2) is 0 Å². The molecule has 0 heterocycles. The number of allylic oxidation sites excluding steroid dienone is 4. The standard InChI is InChI=1S/C39H70O6/c1-3-5-7-8-9-10-11-12-13-14-15-18-22-25-29-33-39(43)45-37(34-40)35-44-38(42)32-28-24-21-19-16-17-20-23-27-31-36(41)30-26-6-4-2/h6,20,23,26-27,31,36-37,40-41H,3-5,7-19,21-22,24-25,28-30,32-35H2,1-2H3/b23-20+,26-6+,31-27+/t36?,37-/m0/s1. The summed E-state index contributed by atoms with van der Waals surface area (Å²) < 4.78 is 10.6. The number of aliphatic hydroxyl groups excluding tert-OH is 2. The lowest BCUT2D eigenvalue weighted by molar-refractivity contribution is -0.161. The monoisotopic (exact) mass is 635 g/mol. The Morgan fingerprint density at radius 3 is 1.67 bits per heavy atom. The van der Waals surface area contributed by atoms with E-state index in [1.165, 1.54) is 77.0 Å². The van der Waals surface area contributed by atoms with E-state index in [2.05, 4.69) is 26.0 Å². The molecular formula is C39H70O6. The lowest BCUT2D eigenvalue weighted by atomic mass is 10.0. The van der Waals surface area contributed by atoms with Gasteiger partial charge in [-0.2, -0.15) is 0 Å². The maximum Gasteiger partial charge on any atom is 0.306 e. The van der Waals surface area contributed by atoms with Gasteiger partial charge in [0.2, 0.25) is 0 Å². The van der Waals surface area contributed by atoms with Crippen LogP contribution in [0.4, 0.5) is 0 Å². The topological polar surface area (TPSA) is 93.1 Å². The van der Waals surface area contributed by atoms with Gasteiger partial charge in [0.15, 0.2) is 6.10 Å². The van der Waals surface area contributed by atoms with E-state index >= 15 is 0 Å². The number of aliphatic hydroxyl groups is 2.